The second-order valence-electron chi connectivity index (χ2n) is 11.1. The minimum absolute atomic E-state index is 0.0279. The Morgan fingerprint density at radius 1 is 1.10 bits per heavy atom. The number of esters is 1. The van der Waals surface area contributed by atoms with Crippen LogP contribution in [0.25, 0.3) is 0 Å². The monoisotopic (exact) mass is 574 g/mol. The summed E-state index contributed by atoms with van der Waals surface area (Å²) in [6, 6.07) is 5.39. The molecule has 0 bridgehead atoms. The van der Waals surface area contributed by atoms with Crippen molar-refractivity contribution in [2.45, 2.75) is 84.4 Å². The molecular formula is C29H38N2O10. The second-order valence-corrected chi connectivity index (χ2v) is 11.1. The quantitative estimate of drug-likeness (QED) is 0.180. The smallest absolute Gasteiger partial charge is 0.333 e. The highest BCUT2D eigenvalue weighted by Crippen LogP contribution is 2.28. The van der Waals surface area contributed by atoms with Gasteiger partial charge in [-0.05, 0) is 57.7 Å². The largest absolute Gasteiger partial charge is 0.479 e. The van der Waals surface area contributed by atoms with Crippen LogP contribution < -0.4 is 10.1 Å². The van der Waals surface area contributed by atoms with E-state index in [1.54, 1.807) is 26.8 Å². The topological polar surface area (TPSA) is 169 Å². The lowest BCUT2D eigenvalue weighted by Crippen LogP contribution is -2.42. The van der Waals surface area contributed by atoms with Gasteiger partial charge in [0.2, 0.25) is 12.2 Å². The maximum atomic E-state index is 12.4. The lowest BCUT2D eigenvalue weighted by atomic mass is 9.97. The molecule has 1 fully saturated rings. The van der Waals surface area contributed by atoms with Crippen LogP contribution in [-0.4, -0.2) is 76.4 Å². The van der Waals surface area contributed by atoms with E-state index in [0.717, 1.165) is 16.9 Å². The Kier molecular flexibility index (Phi) is 11.0. The lowest BCUT2D eigenvalue weighted by Gasteiger charge is -2.31. The third-order valence-corrected chi connectivity index (χ3v) is 6.57. The molecule has 0 saturated carbocycles. The molecule has 2 aliphatic rings. The number of nitrogens with one attached hydrogen (secondary N) is 1. The molecule has 12 heteroatoms. The summed E-state index contributed by atoms with van der Waals surface area (Å²) in [5.41, 5.74) is 0.812. The number of carboxylic acid groups (broad SMARTS) is 1. The number of carboxylic acids is 1. The van der Waals surface area contributed by atoms with Gasteiger partial charge in [-0.25, -0.2) is 4.79 Å². The van der Waals surface area contributed by atoms with E-state index in [1.807, 2.05) is 12.1 Å². The van der Waals surface area contributed by atoms with Gasteiger partial charge in [0.1, 0.15) is 12.4 Å². The number of aryl methyl sites for hydroxylation is 1. The van der Waals surface area contributed by atoms with Crippen LogP contribution in [0.2, 0.25) is 0 Å². The molecule has 3 N–H and O–H groups in total. The van der Waals surface area contributed by atoms with Crippen LogP contribution in [0.3, 0.4) is 0 Å². The third-order valence-electron chi connectivity index (χ3n) is 6.57. The summed E-state index contributed by atoms with van der Waals surface area (Å²) >= 11 is 0. The first-order chi connectivity index (χ1) is 19.3. The van der Waals surface area contributed by atoms with Crippen molar-refractivity contribution in [3.05, 3.63) is 41.5 Å². The number of rotatable bonds is 13. The molecule has 0 aliphatic carbocycles. The number of unbranched alkanes of at least 4 members (excludes halogenated alkanes) is 1. The Morgan fingerprint density at radius 3 is 2.46 bits per heavy atom. The van der Waals surface area contributed by atoms with E-state index in [2.05, 4.69) is 5.32 Å². The van der Waals surface area contributed by atoms with Crippen molar-refractivity contribution in [2.24, 2.45) is 5.41 Å². The van der Waals surface area contributed by atoms with Crippen LogP contribution >= 0.6 is 0 Å². The molecule has 0 radical (unpaired) electrons. The molecule has 1 aromatic carbocycles. The van der Waals surface area contributed by atoms with Gasteiger partial charge in [-0.15, -0.1) is 0 Å². The van der Waals surface area contributed by atoms with E-state index >= 15 is 0 Å². The van der Waals surface area contributed by atoms with E-state index in [-0.39, 0.29) is 38.3 Å². The zero-order valence-corrected chi connectivity index (χ0v) is 23.6. The molecule has 3 unspecified atom stereocenters. The lowest BCUT2D eigenvalue weighted by molar-refractivity contribution is -0.195. The average molecular weight is 575 g/mol. The SMILES string of the molecule is CC(C)(C)C(=O)OCc1cc(CCCCNC(=O)CCN2C(=O)C=CC2=O)ccc1OC1CC(O)CC(C(=O)O)O1. The maximum absolute atomic E-state index is 12.4. The molecule has 1 saturated heterocycles. The van der Waals surface area contributed by atoms with Gasteiger partial charge in [-0.1, -0.05) is 6.07 Å². The van der Waals surface area contributed by atoms with Crippen molar-refractivity contribution >= 4 is 29.7 Å². The highest BCUT2D eigenvalue weighted by atomic mass is 16.7. The molecule has 2 heterocycles. The summed E-state index contributed by atoms with van der Waals surface area (Å²) < 4.78 is 16.9. The van der Waals surface area contributed by atoms with Gasteiger partial charge in [-0.2, -0.15) is 0 Å². The summed E-state index contributed by atoms with van der Waals surface area (Å²) in [6.45, 7) is 5.64. The number of hydrogen-bond donors (Lipinski definition) is 3. The highest BCUT2D eigenvalue weighted by Gasteiger charge is 2.34. The van der Waals surface area contributed by atoms with Gasteiger partial charge in [0, 0.05) is 50.1 Å². The van der Waals surface area contributed by atoms with E-state index < -0.39 is 47.7 Å². The van der Waals surface area contributed by atoms with Crippen LogP contribution in [0.5, 0.6) is 5.75 Å². The van der Waals surface area contributed by atoms with E-state index in [0.29, 0.717) is 30.7 Å². The minimum Gasteiger partial charge on any atom is -0.479 e. The first-order valence-electron chi connectivity index (χ1n) is 13.7. The van der Waals surface area contributed by atoms with Gasteiger partial charge in [0.25, 0.3) is 11.8 Å². The summed E-state index contributed by atoms with van der Waals surface area (Å²) in [4.78, 5) is 60.0. The molecule has 12 nitrogen and oxygen atoms in total. The zero-order chi connectivity index (χ0) is 30.2. The predicted molar refractivity (Wildman–Crippen MR) is 144 cm³/mol. The summed E-state index contributed by atoms with van der Waals surface area (Å²) in [6.07, 6.45) is 1.50. The number of aliphatic hydroxyl groups excluding tert-OH is 1. The molecule has 41 heavy (non-hydrogen) atoms. The maximum Gasteiger partial charge on any atom is 0.333 e. The standard InChI is InChI=1S/C29H38N2O10/c1-29(2,3)28(38)39-17-19-14-18(7-8-21(19)40-26-16-20(32)15-22(41-26)27(36)37)6-4-5-12-30-23(33)11-13-31-24(34)9-10-25(31)35/h7-10,14,20,22,26,32H,4-6,11-13,15-17H2,1-3H3,(H,30,33)(H,36,37). The number of aliphatic hydroxyl groups is 1. The molecule has 3 amide bonds. The first-order valence-corrected chi connectivity index (χ1v) is 13.7. The van der Waals surface area contributed by atoms with Crippen LogP contribution in [0.15, 0.2) is 30.4 Å². The first kappa shape index (κ1) is 31.8. The number of imide groups is 1. The molecule has 3 atom stereocenters. The van der Waals surface area contributed by atoms with E-state index in [4.69, 9.17) is 14.2 Å². The highest BCUT2D eigenvalue weighted by molar-refractivity contribution is 6.13. The predicted octanol–water partition coefficient (Wildman–Crippen LogP) is 1.86. The number of benzene rings is 1. The van der Waals surface area contributed by atoms with Crippen LogP contribution in [0.1, 0.15) is 64.0 Å². The van der Waals surface area contributed by atoms with Gasteiger partial charge < -0.3 is 29.7 Å². The Bertz CT molecular complexity index is 1150. The van der Waals surface area contributed by atoms with Crippen LogP contribution in [0.4, 0.5) is 0 Å². The number of ether oxygens (including phenoxy) is 3. The van der Waals surface area contributed by atoms with Crippen LogP contribution in [-0.2, 0) is 46.5 Å². The Hall–Kier alpha value is -3.77. The van der Waals surface area contributed by atoms with Crippen molar-refractivity contribution < 1.29 is 48.4 Å². The van der Waals surface area contributed by atoms with Crippen LogP contribution in [0, 0.1) is 5.41 Å². The van der Waals surface area contributed by atoms with E-state index in [9.17, 15) is 34.2 Å². The van der Waals surface area contributed by atoms with Crippen molar-refractivity contribution in [1.29, 1.82) is 0 Å². The van der Waals surface area contributed by atoms with Gasteiger partial charge >= 0.3 is 11.9 Å². The zero-order valence-electron chi connectivity index (χ0n) is 23.6. The number of carbonyl (C=O) groups is 5. The summed E-state index contributed by atoms with van der Waals surface area (Å²) in [7, 11) is 0. The number of nitrogens with zero attached hydrogens (tertiary/aromatic N) is 1. The Labute approximate surface area is 238 Å². The molecular weight excluding hydrogens is 536 g/mol. The normalized spacial score (nSPS) is 20.7. The summed E-state index contributed by atoms with van der Waals surface area (Å²) in [5, 5.41) is 22.2. The third kappa shape index (κ3) is 9.68. The number of hydrogen-bond acceptors (Lipinski definition) is 9. The molecule has 0 spiro atoms. The number of carbonyl (C=O) groups excluding carboxylic acids is 4. The number of amides is 3. The van der Waals surface area contributed by atoms with Gasteiger partial charge in [0.15, 0.2) is 6.10 Å². The molecule has 224 valence electrons. The van der Waals surface area contributed by atoms with Crippen molar-refractivity contribution in [1.82, 2.24) is 10.2 Å². The van der Waals surface area contributed by atoms with Gasteiger partial charge in [-0.3, -0.25) is 24.1 Å². The fraction of sp³-hybridized carbons (Fsp3) is 0.552. The van der Waals surface area contributed by atoms with Gasteiger partial charge in [0.05, 0.1) is 11.5 Å². The minimum atomic E-state index is -1.19. The van der Waals surface area contributed by atoms with Crippen molar-refractivity contribution in [2.75, 3.05) is 13.1 Å². The molecule has 1 aromatic rings. The van der Waals surface area contributed by atoms with Crippen molar-refractivity contribution in [3.63, 3.8) is 0 Å². The molecule has 3 rings (SSSR count). The van der Waals surface area contributed by atoms with Crippen molar-refractivity contribution in [3.8, 4) is 5.75 Å². The molecule has 0 aromatic heterocycles. The molecule has 2 aliphatic heterocycles. The Balaban J connectivity index is 1.53. The number of aliphatic carboxylic acids is 1. The second kappa shape index (κ2) is 14.2. The summed E-state index contributed by atoms with van der Waals surface area (Å²) in [5.74, 6) is -2.30. The fourth-order valence-corrected chi connectivity index (χ4v) is 4.25. The average Bonchev–Trinajstić information content (AvgIpc) is 3.22. The Morgan fingerprint density at radius 2 is 1.80 bits per heavy atom. The fourth-order valence-electron chi connectivity index (χ4n) is 4.25. The van der Waals surface area contributed by atoms with E-state index in [1.165, 1.54) is 12.2 Å².